The fraction of sp³-hybridized carbons (Fsp3) is 0.250. The molecule has 0 spiro atoms. The highest BCUT2D eigenvalue weighted by Crippen LogP contribution is 2.17. The van der Waals surface area contributed by atoms with Crippen molar-refractivity contribution in [2.24, 2.45) is 0 Å². The van der Waals surface area contributed by atoms with Gasteiger partial charge in [-0.05, 0) is 31.9 Å². The first-order valence-electron chi connectivity index (χ1n) is 7.62. The minimum Gasteiger partial charge on any atom is -0.308 e. The van der Waals surface area contributed by atoms with Crippen LogP contribution in [0.2, 0.25) is 0 Å². The van der Waals surface area contributed by atoms with Crippen LogP contribution in [-0.2, 0) is 13.0 Å². The van der Waals surface area contributed by atoms with Crippen molar-refractivity contribution in [1.29, 1.82) is 0 Å². The minimum absolute atomic E-state index is 0.291. The molecule has 0 aliphatic carbocycles. The van der Waals surface area contributed by atoms with Crippen LogP contribution in [0.3, 0.4) is 0 Å². The van der Waals surface area contributed by atoms with Gasteiger partial charge in [0.2, 0.25) is 0 Å². The monoisotopic (exact) mass is 342 g/mol. The van der Waals surface area contributed by atoms with Gasteiger partial charge in [-0.2, -0.15) is 5.10 Å². The van der Waals surface area contributed by atoms with Crippen molar-refractivity contribution >= 4 is 28.2 Å². The molecule has 3 aromatic rings. The average Bonchev–Trinajstić information content (AvgIpc) is 3.18. The number of thiazole rings is 1. The lowest BCUT2D eigenvalue weighted by molar-refractivity contribution is 0.262. The van der Waals surface area contributed by atoms with Gasteiger partial charge in [0.25, 0.3) is 0 Å². The van der Waals surface area contributed by atoms with E-state index in [1.165, 1.54) is 11.3 Å². The molecule has 0 saturated heterocycles. The minimum atomic E-state index is -0.291. The third kappa shape index (κ3) is 4.39. The van der Waals surface area contributed by atoms with Crippen molar-refractivity contribution in [2.45, 2.75) is 26.3 Å². The highest BCUT2D eigenvalue weighted by Gasteiger charge is 2.07. The molecule has 24 heavy (non-hydrogen) atoms. The fourth-order valence-electron chi connectivity index (χ4n) is 2.21. The Hall–Kier alpha value is -2.74. The summed E-state index contributed by atoms with van der Waals surface area (Å²) < 4.78 is 1.87. The van der Waals surface area contributed by atoms with Gasteiger partial charge in [-0.3, -0.25) is 10.00 Å². The van der Waals surface area contributed by atoms with Crippen LogP contribution in [0.15, 0.2) is 42.0 Å². The van der Waals surface area contributed by atoms with Gasteiger partial charge in [0.05, 0.1) is 5.69 Å². The van der Waals surface area contributed by atoms with Crippen molar-refractivity contribution in [3.63, 3.8) is 0 Å². The lowest BCUT2D eigenvalue weighted by Crippen LogP contribution is -2.19. The van der Waals surface area contributed by atoms with Gasteiger partial charge in [-0.25, -0.2) is 14.8 Å². The molecule has 0 unspecified atom stereocenters. The highest BCUT2D eigenvalue weighted by molar-refractivity contribution is 7.13. The van der Waals surface area contributed by atoms with E-state index >= 15 is 0 Å². The second-order valence-corrected chi connectivity index (χ2v) is 6.08. The number of carbonyl (C=O) groups is 1. The van der Waals surface area contributed by atoms with Gasteiger partial charge in [0, 0.05) is 17.6 Å². The topological polar surface area (TPSA) is 84.7 Å². The number of aryl methyl sites for hydroxylation is 3. The SMILES string of the molecule is Cc1ncnn1CCCc1csc(NC(=O)Nc2ccccc2)n1. The van der Waals surface area contributed by atoms with Gasteiger partial charge in [-0.15, -0.1) is 11.3 Å². The highest BCUT2D eigenvalue weighted by atomic mass is 32.1. The van der Waals surface area contributed by atoms with Gasteiger partial charge >= 0.3 is 6.03 Å². The van der Waals surface area contributed by atoms with Crippen LogP contribution >= 0.6 is 11.3 Å². The second kappa shape index (κ2) is 7.69. The molecule has 0 aliphatic rings. The van der Waals surface area contributed by atoms with E-state index in [0.29, 0.717) is 5.13 Å². The maximum Gasteiger partial charge on any atom is 0.325 e. The van der Waals surface area contributed by atoms with E-state index in [0.717, 1.165) is 36.6 Å². The number of carbonyl (C=O) groups excluding carboxylic acids is 1. The number of benzene rings is 1. The number of urea groups is 1. The molecule has 3 rings (SSSR count). The molecule has 0 saturated carbocycles. The summed E-state index contributed by atoms with van der Waals surface area (Å²) in [5.74, 6) is 0.910. The molecule has 0 radical (unpaired) electrons. The van der Waals surface area contributed by atoms with Crippen LogP contribution in [0, 0.1) is 6.92 Å². The van der Waals surface area contributed by atoms with Crippen molar-refractivity contribution in [2.75, 3.05) is 10.6 Å². The molecular formula is C16H18N6OS. The van der Waals surface area contributed by atoms with Crippen molar-refractivity contribution in [3.8, 4) is 0 Å². The van der Waals surface area contributed by atoms with Gasteiger partial charge in [0.1, 0.15) is 12.2 Å². The van der Waals surface area contributed by atoms with E-state index < -0.39 is 0 Å². The Kier molecular flexibility index (Phi) is 5.17. The third-order valence-electron chi connectivity index (χ3n) is 3.42. The predicted molar refractivity (Wildman–Crippen MR) is 94.3 cm³/mol. The van der Waals surface area contributed by atoms with Crippen molar-refractivity contribution in [3.05, 3.63) is 53.6 Å². The normalized spacial score (nSPS) is 10.5. The van der Waals surface area contributed by atoms with Crippen LogP contribution in [0.1, 0.15) is 17.9 Å². The molecule has 2 heterocycles. The summed E-state index contributed by atoms with van der Waals surface area (Å²) in [7, 11) is 0. The Morgan fingerprint density at radius 2 is 2.08 bits per heavy atom. The Morgan fingerprint density at radius 3 is 2.83 bits per heavy atom. The zero-order valence-corrected chi connectivity index (χ0v) is 14.1. The third-order valence-corrected chi connectivity index (χ3v) is 4.22. The second-order valence-electron chi connectivity index (χ2n) is 5.22. The first-order valence-corrected chi connectivity index (χ1v) is 8.50. The maximum atomic E-state index is 11.9. The van der Waals surface area contributed by atoms with Crippen LogP contribution in [0.25, 0.3) is 0 Å². The molecule has 0 atom stereocenters. The van der Waals surface area contributed by atoms with Crippen molar-refractivity contribution < 1.29 is 4.79 Å². The first-order chi connectivity index (χ1) is 11.7. The number of nitrogens with one attached hydrogen (secondary N) is 2. The number of para-hydroxylation sites is 1. The molecule has 2 amide bonds. The molecule has 0 aliphatic heterocycles. The Labute approximate surface area is 143 Å². The van der Waals surface area contributed by atoms with Crippen LogP contribution in [0.5, 0.6) is 0 Å². The smallest absolute Gasteiger partial charge is 0.308 e. The number of hydrogen-bond acceptors (Lipinski definition) is 5. The Bertz CT molecular complexity index is 798. The van der Waals surface area contributed by atoms with E-state index in [1.807, 2.05) is 47.3 Å². The standard InChI is InChI=1S/C16H18N6OS/c1-12-17-11-18-22(12)9-5-8-14-10-24-16(20-14)21-15(23)19-13-6-3-2-4-7-13/h2-4,6-7,10-11H,5,8-9H2,1H3,(H2,19,20,21,23). The summed E-state index contributed by atoms with van der Waals surface area (Å²) >= 11 is 1.42. The number of aromatic nitrogens is 4. The van der Waals surface area contributed by atoms with Crippen LogP contribution in [-0.4, -0.2) is 25.8 Å². The predicted octanol–water partition coefficient (Wildman–Crippen LogP) is 3.32. The largest absolute Gasteiger partial charge is 0.325 e. The molecule has 124 valence electrons. The summed E-state index contributed by atoms with van der Waals surface area (Å²) in [5, 5.41) is 12.2. The lowest BCUT2D eigenvalue weighted by atomic mass is 10.2. The molecule has 0 fully saturated rings. The van der Waals surface area contributed by atoms with E-state index in [1.54, 1.807) is 6.33 Å². The molecular weight excluding hydrogens is 324 g/mol. The average molecular weight is 342 g/mol. The van der Waals surface area contributed by atoms with Gasteiger partial charge in [-0.1, -0.05) is 18.2 Å². The number of hydrogen-bond donors (Lipinski definition) is 2. The van der Waals surface area contributed by atoms with E-state index in [4.69, 9.17) is 0 Å². The molecule has 0 bridgehead atoms. The zero-order valence-electron chi connectivity index (χ0n) is 13.3. The summed E-state index contributed by atoms with van der Waals surface area (Å²) in [4.78, 5) is 20.5. The number of nitrogens with zero attached hydrogens (tertiary/aromatic N) is 4. The van der Waals surface area contributed by atoms with E-state index in [2.05, 4.69) is 25.7 Å². The summed E-state index contributed by atoms with van der Waals surface area (Å²) in [6.07, 6.45) is 3.31. The van der Waals surface area contributed by atoms with Gasteiger partial charge in [0.15, 0.2) is 5.13 Å². The Balaban J connectivity index is 1.46. The molecule has 8 heteroatoms. The fourth-order valence-corrected chi connectivity index (χ4v) is 2.95. The molecule has 1 aromatic carbocycles. The summed E-state index contributed by atoms with van der Waals surface area (Å²) in [6.45, 7) is 2.74. The van der Waals surface area contributed by atoms with E-state index in [-0.39, 0.29) is 6.03 Å². The summed E-state index contributed by atoms with van der Waals surface area (Å²) in [5.41, 5.74) is 1.71. The maximum absolute atomic E-state index is 11.9. The molecule has 7 nitrogen and oxygen atoms in total. The van der Waals surface area contributed by atoms with Gasteiger partial charge < -0.3 is 5.32 Å². The number of anilines is 2. The lowest BCUT2D eigenvalue weighted by Gasteiger charge is -2.04. The summed E-state index contributed by atoms with van der Waals surface area (Å²) in [6, 6.07) is 9.01. The van der Waals surface area contributed by atoms with Crippen LogP contribution < -0.4 is 10.6 Å². The Morgan fingerprint density at radius 1 is 1.25 bits per heavy atom. The first kappa shape index (κ1) is 16.1. The number of amides is 2. The number of rotatable bonds is 6. The zero-order chi connectivity index (χ0) is 16.8. The molecule has 2 N–H and O–H groups in total. The van der Waals surface area contributed by atoms with Crippen molar-refractivity contribution in [1.82, 2.24) is 19.7 Å². The van der Waals surface area contributed by atoms with Crippen LogP contribution in [0.4, 0.5) is 15.6 Å². The molecule has 2 aromatic heterocycles. The van der Waals surface area contributed by atoms with E-state index in [9.17, 15) is 4.79 Å². The quantitative estimate of drug-likeness (QED) is 0.720.